The molecule has 1 heterocycles. The summed E-state index contributed by atoms with van der Waals surface area (Å²) in [5.41, 5.74) is 5.33. The minimum absolute atomic E-state index is 0.164. The van der Waals surface area contributed by atoms with Gasteiger partial charge in [0.2, 0.25) is 0 Å². The Morgan fingerprint density at radius 2 is 1.88 bits per heavy atom. The molecular formula is C12H19F2N3. The zero-order valence-electron chi connectivity index (χ0n) is 10.3. The van der Waals surface area contributed by atoms with Crippen LogP contribution in [0.5, 0.6) is 0 Å². The van der Waals surface area contributed by atoms with Gasteiger partial charge in [0.05, 0.1) is 11.8 Å². The number of alkyl halides is 2. The van der Waals surface area contributed by atoms with Crippen molar-refractivity contribution in [1.29, 1.82) is 0 Å². The SMILES string of the molecule is C=C/C(=N\C(=C)N)N1CC2C(C1)C2(F)F.CC. The average Bonchev–Trinajstić information content (AvgIpc) is 2.72. The molecule has 3 nitrogen and oxygen atoms in total. The molecule has 2 unspecified atom stereocenters. The highest BCUT2D eigenvalue weighted by atomic mass is 19.3. The van der Waals surface area contributed by atoms with Gasteiger partial charge >= 0.3 is 0 Å². The molecule has 0 spiro atoms. The van der Waals surface area contributed by atoms with Crippen molar-refractivity contribution in [2.75, 3.05) is 13.1 Å². The highest BCUT2D eigenvalue weighted by Gasteiger charge is 2.71. The number of nitrogens with zero attached hydrogens (tertiary/aromatic N) is 2. The summed E-state index contributed by atoms with van der Waals surface area (Å²) in [6.45, 7) is 11.7. The number of nitrogens with two attached hydrogens (primary N) is 1. The van der Waals surface area contributed by atoms with Crippen LogP contribution in [0.2, 0.25) is 0 Å². The van der Waals surface area contributed by atoms with Crippen molar-refractivity contribution in [3.63, 3.8) is 0 Å². The Hall–Kier alpha value is -1.39. The van der Waals surface area contributed by atoms with Crippen molar-refractivity contribution in [2.45, 2.75) is 19.8 Å². The van der Waals surface area contributed by atoms with Crippen LogP contribution in [-0.2, 0) is 0 Å². The lowest BCUT2D eigenvalue weighted by atomic mass is 10.4. The Labute approximate surface area is 101 Å². The monoisotopic (exact) mass is 243 g/mol. The number of hydrogen-bond acceptors (Lipinski definition) is 2. The fraction of sp³-hybridized carbons (Fsp3) is 0.583. The van der Waals surface area contributed by atoms with E-state index in [2.05, 4.69) is 18.2 Å². The summed E-state index contributed by atoms with van der Waals surface area (Å²) in [6, 6.07) is 0. The number of hydrogen-bond donors (Lipinski definition) is 1. The van der Waals surface area contributed by atoms with E-state index < -0.39 is 17.8 Å². The maximum Gasteiger partial charge on any atom is 0.258 e. The zero-order valence-corrected chi connectivity index (χ0v) is 10.3. The van der Waals surface area contributed by atoms with Crippen molar-refractivity contribution in [3.8, 4) is 0 Å². The molecule has 0 amide bonds. The Morgan fingerprint density at radius 1 is 1.41 bits per heavy atom. The summed E-state index contributed by atoms with van der Waals surface area (Å²) in [7, 11) is 0. The highest BCUT2D eigenvalue weighted by Crippen LogP contribution is 2.59. The third-order valence-electron chi connectivity index (χ3n) is 2.96. The summed E-state index contributed by atoms with van der Waals surface area (Å²) in [5, 5.41) is 0. The van der Waals surface area contributed by atoms with Gasteiger partial charge in [0.25, 0.3) is 5.92 Å². The minimum atomic E-state index is -2.47. The van der Waals surface area contributed by atoms with Gasteiger partial charge in [-0.2, -0.15) is 0 Å². The number of rotatable bonds is 2. The first-order valence-electron chi connectivity index (χ1n) is 5.75. The second-order valence-corrected chi connectivity index (χ2v) is 3.96. The van der Waals surface area contributed by atoms with Crippen molar-refractivity contribution in [1.82, 2.24) is 4.90 Å². The zero-order chi connectivity index (χ0) is 13.2. The van der Waals surface area contributed by atoms with E-state index >= 15 is 0 Å². The number of fused-ring (bicyclic) bond motifs is 1. The molecule has 1 saturated heterocycles. The molecule has 1 saturated carbocycles. The van der Waals surface area contributed by atoms with Crippen LogP contribution < -0.4 is 5.73 Å². The van der Waals surface area contributed by atoms with Gasteiger partial charge in [-0.25, -0.2) is 13.8 Å². The molecule has 0 aromatic rings. The number of amidine groups is 1. The van der Waals surface area contributed by atoms with Gasteiger partial charge in [-0.05, 0) is 6.08 Å². The Morgan fingerprint density at radius 3 is 2.24 bits per heavy atom. The maximum absolute atomic E-state index is 12.9. The molecular weight excluding hydrogens is 224 g/mol. The molecule has 2 rings (SSSR count). The first-order valence-corrected chi connectivity index (χ1v) is 5.75. The lowest BCUT2D eigenvalue weighted by Crippen LogP contribution is -2.32. The minimum Gasteiger partial charge on any atom is -0.384 e. The standard InChI is InChI=1S/C10H13F2N3.C2H6/c1-3-9(14-6(2)13)15-4-7-8(5-15)10(7,11)12;1-2/h3,7-8H,1-2,4-5,13H2;1-2H3/b14-9+;. The highest BCUT2D eigenvalue weighted by molar-refractivity contribution is 5.93. The quantitative estimate of drug-likeness (QED) is 0.597. The molecule has 0 aromatic heterocycles. The molecule has 2 atom stereocenters. The summed E-state index contributed by atoms with van der Waals surface area (Å²) < 4.78 is 25.8. The Kier molecular flexibility index (Phi) is 3.91. The topological polar surface area (TPSA) is 41.6 Å². The second-order valence-electron chi connectivity index (χ2n) is 3.96. The van der Waals surface area contributed by atoms with Crippen LogP contribution in [0.15, 0.2) is 30.0 Å². The summed E-state index contributed by atoms with van der Waals surface area (Å²) >= 11 is 0. The fourth-order valence-corrected chi connectivity index (χ4v) is 2.09. The van der Waals surface area contributed by atoms with E-state index in [1.54, 1.807) is 4.90 Å². The molecule has 0 radical (unpaired) electrons. The molecule has 5 heteroatoms. The van der Waals surface area contributed by atoms with E-state index in [0.29, 0.717) is 18.9 Å². The van der Waals surface area contributed by atoms with E-state index in [9.17, 15) is 8.78 Å². The van der Waals surface area contributed by atoms with Crippen LogP contribution in [0.1, 0.15) is 13.8 Å². The molecule has 0 aromatic carbocycles. The fourth-order valence-electron chi connectivity index (χ4n) is 2.09. The van der Waals surface area contributed by atoms with E-state index in [-0.39, 0.29) is 5.82 Å². The van der Waals surface area contributed by atoms with Gasteiger partial charge < -0.3 is 10.6 Å². The lowest BCUT2D eigenvalue weighted by Gasteiger charge is -2.21. The molecule has 2 N–H and O–H groups in total. The Balaban J connectivity index is 0.000000686. The van der Waals surface area contributed by atoms with Crippen LogP contribution in [0, 0.1) is 11.8 Å². The lowest BCUT2D eigenvalue weighted by molar-refractivity contribution is 0.0646. The van der Waals surface area contributed by atoms with Crippen molar-refractivity contribution in [3.05, 3.63) is 25.1 Å². The molecule has 17 heavy (non-hydrogen) atoms. The molecule has 0 bridgehead atoms. The van der Waals surface area contributed by atoms with Gasteiger partial charge in [-0.3, -0.25) is 0 Å². The normalized spacial score (nSPS) is 28.9. The maximum atomic E-state index is 12.9. The predicted molar refractivity (Wildman–Crippen MR) is 65.8 cm³/mol. The average molecular weight is 243 g/mol. The number of halogens is 2. The van der Waals surface area contributed by atoms with Crippen LogP contribution in [-0.4, -0.2) is 29.7 Å². The second kappa shape index (κ2) is 4.85. The summed E-state index contributed by atoms with van der Waals surface area (Å²) in [5.74, 6) is -2.81. The third-order valence-corrected chi connectivity index (χ3v) is 2.96. The van der Waals surface area contributed by atoms with E-state index in [1.165, 1.54) is 6.08 Å². The van der Waals surface area contributed by atoms with E-state index in [0.717, 1.165) is 0 Å². The van der Waals surface area contributed by atoms with Crippen LogP contribution in [0.4, 0.5) is 8.78 Å². The largest absolute Gasteiger partial charge is 0.384 e. The van der Waals surface area contributed by atoms with E-state index in [4.69, 9.17) is 5.73 Å². The van der Waals surface area contributed by atoms with Crippen molar-refractivity contribution in [2.24, 2.45) is 22.6 Å². The van der Waals surface area contributed by atoms with Gasteiger partial charge in [0, 0.05) is 13.1 Å². The molecule has 1 aliphatic heterocycles. The number of likely N-dealkylation sites (tertiary alicyclic amines) is 1. The first-order chi connectivity index (χ1) is 7.96. The molecule has 2 aliphatic rings. The number of aliphatic imine (C=N–C) groups is 1. The van der Waals surface area contributed by atoms with Gasteiger partial charge in [0.15, 0.2) is 0 Å². The van der Waals surface area contributed by atoms with Crippen LogP contribution >= 0.6 is 0 Å². The van der Waals surface area contributed by atoms with Crippen molar-refractivity contribution < 1.29 is 8.78 Å². The molecule has 2 fully saturated rings. The van der Waals surface area contributed by atoms with Crippen LogP contribution in [0.25, 0.3) is 0 Å². The third kappa shape index (κ3) is 2.48. The molecule has 1 aliphatic carbocycles. The first kappa shape index (κ1) is 13.7. The van der Waals surface area contributed by atoms with Gasteiger partial charge in [0.1, 0.15) is 11.7 Å². The van der Waals surface area contributed by atoms with Gasteiger partial charge in [-0.1, -0.05) is 27.0 Å². The molecule has 96 valence electrons. The predicted octanol–water partition coefficient (Wildman–Crippen LogP) is 2.22. The van der Waals surface area contributed by atoms with E-state index in [1.807, 2.05) is 13.8 Å². The van der Waals surface area contributed by atoms with Crippen LogP contribution in [0.3, 0.4) is 0 Å². The number of piperidine rings is 1. The Bertz CT molecular complexity index is 336. The summed E-state index contributed by atoms with van der Waals surface area (Å²) in [6.07, 6.45) is 1.51. The summed E-state index contributed by atoms with van der Waals surface area (Å²) in [4.78, 5) is 5.72. The van der Waals surface area contributed by atoms with Crippen molar-refractivity contribution >= 4 is 5.84 Å². The smallest absolute Gasteiger partial charge is 0.258 e. The van der Waals surface area contributed by atoms with Gasteiger partial charge in [-0.15, -0.1) is 0 Å².